The van der Waals surface area contributed by atoms with Crippen molar-refractivity contribution in [3.05, 3.63) is 60.2 Å². The number of amides is 1. The van der Waals surface area contributed by atoms with Crippen molar-refractivity contribution < 1.29 is 14.7 Å². The molecule has 2 N–H and O–H groups in total. The van der Waals surface area contributed by atoms with E-state index < -0.39 is 11.4 Å². The second-order valence-corrected chi connectivity index (χ2v) is 9.68. The van der Waals surface area contributed by atoms with Gasteiger partial charge in [0.2, 0.25) is 11.7 Å². The number of aliphatic carboxylic acids is 1. The van der Waals surface area contributed by atoms with E-state index in [0.717, 1.165) is 46.1 Å². The summed E-state index contributed by atoms with van der Waals surface area (Å²) in [4.78, 5) is 31.8. The van der Waals surface area contributed by atoms with E-state index >= 15 is 0 Å². The van der Waals surface area contributed by atoms with Crippen molar-refractivity contribution in [1.29, 1.82) is 0 Å². The van der Waals surface area contributed by atoms with Crippen LogP contribution in [0.2, 0.25) is 0 Å². The lowest BCUT2D eigenvalue weighted by molar-refractivity contribution is -0.152. The lowest BCUT2D eigenvalue weighted by atomic mass is 9.81. The van der Waals surface area contributed by atoms with Crippen molar-refractivity contribution in [3.63, 3.8) is 0 Å². The first-order valence-electron chi connectivity index (χ1n) is 13.1. The smallest absolute Gasteiger partial charge is 0.311 e. The SMILES string of the molecule is CCCCC(=O)N(Cc1ccc2nc(-c3ccc(-c4nn[nH]n4)cc3)ccc2c1)CC(CC)(CC)C(=O)O. The summed E-state index contributed by atoms with van der Waals surface area (Å²) in [6, 6.07) is 17.8. The number of aromatic nitrogens is 5. The van der Waals surface area contributed by atoms with Gasteiger partial charge in [-0.05, 0) is 48.2 Å². The highest BCUT2D eigenvalue weighted by Gasteiger charge is 2.38. The van der Waals surface area contributed by atoms with Crippen molar-refractivity contribution in [2.45, 2.75) is 59.4 Å². The average molecular weight is 515 g/mol. The number of benzene rings is 2. The average Bonchev–Trinajstić information content (AvgIpc) is 3.49. The molecule has 2 aromatic heterocycles. The van der Waals surface area contributed by atoms with Gasteiger partial charge in [-0.25, -0.2) is 4.98 Å². The van der Waals surface area contributed by atoms with Crippen LogP contribution >= 0.6 is 0 Å². The lowest BCUT2D eigenvalue weighted by Crippen LogP contribution is -2.44. The largest absolute Gasteiger partial charge is 0.481 e. The molecule has 1 amide bonds. The minimum absolute atomic E-state index is 0.00258. The number of pyridine rings is 1. The third-order valence-corrected chi connectivity index (χ3v) is 7.31. The Morgan fingerprint density at radius 2 is 1.71 bits per heavy atom. The number of carbonyl (C=O) groups is 2. The maximum Gasteiger partial charge on any atom is 0.311 e. The van der Waals surface area contributed by atoms with Gasteiger partial charge in [0.1, 0.15) is 0 Å². The summed E-state index contributed by atoms with van der Waals surface area (Å²) in [6.45, 7) is 6.37. The predicted molar refractivity (Wildman–Crippen MR) is 146 cm³/mol. The molecule has 0 spiro atoms. The molecule has 0 atom stereocenters. The standard InChI is InChI=1S/C29H34N6O3/c1-4-7-8-26(36)35(19-29(5-2,6-3)28(37)38)18-20-9-15-25-23(17-20)14-16-24(30-25)21-10-12-22(13-11-21)27-31-33-34-32-27/h9-17H,4-8,18-19H2,1-3H3,(H,37,38)(H,31,32,33,34). The van der Waals surface area contributed by atoms with E-state index in [9.17, 15) is 14.7 Å². The number of unbranched alkanes of at least 4 members (excludes halogenated alkanes) is 1. The van der Waals surface area contributed by atoms with Gasteiger partial charge in [-0.1, -0.05) is 63.6 Å². The Bertz CT molecular complexity index is 1380. The summed E-state index contributed by atoms with van der Waals surface area (Å²) in [5, 5.41) is 25.0. The molecule has 2 aromatic carbocycles. The maximum absolute atomic E-state index is 13.1. The number of rotatable bonds is 12. The molecular weight excluding hydrogens is 480 g/mol. The van der Waals surface area contributed by atoms with Gasteiger partial charge in [-0.3, -0.25) is 9.59 Å². The van der Waals surface area contributed by atoms with Crippen molar-refractivity contribution in [3.8, 4) is 22.6 Å². The number of carbonyl (C=O) groups excluding carboxylic acids is 1. The maximum atomic E-state index is 13.1. The van der Waals surface area contributed by atoms with E-state index in [1.165, 1.54) is 0 Å². The first kappa shape index (κ1) is 26.9. The van der Waals surface area contributed by atoms with Crippen LogP contribution in [0.5, 0.6) is 0 Å². The van der Waals surface area contributed by atoms with Gasteiger partial charge in [0.25, 0.3) is 0 Å². The highest BCUT2D eigenvalue weighted by Crippen LogP contribution is 2.30. The highest BCUT2D eigenvalue weighted by molar-refractivity contribution is 5.83. The summed E-state index contributed by atoms with van der Waals surface area (Å²) < 4.78 is 0. The fourth-order valence-electron chi connectivity index (χ4n) is 4.66. The van der Waals surface area contributed by atoms with Crippen LogP contribution in [-0.4, -0.2) is 54.0 Å². The molecule has 0 bridgehead atoms. The first-order chi connectivity index (χ1) is 18.4. The Morgan fingerprint density at radius 3 is 2.34 bits per heavy atom. The highest BCUT2D eigenvalue weighted by atomic mass is 16.4. The molecule has 9 nitrogen and oxygen atoms in total. The van der Waals surface area contributed by atoms with Crippen molar-refractivity contribution in [1.82, 2.24) is 30.5 Å². The summed E-state index contributed by atoms with van der Waals surface area (Å²) in [5.41, 5.74) is 3.53. The van der Waals surface area contributed by atoms with Crippen LogP contribution in [0.4, 0.5) is 0 Å². The van der Waals surface area contributed by atoms with Crippen LogP contribution in [0.3, 0.4) is 0 Å². The Balaban J connectivity index is 1.57. The Morgan fingerprint density at radius 1 is 0.974 bits per heavy atom. The van der Waals surface area contributed by atoms with E-state index in [0.29, 0.717) is 31.6 Å². The van der Waals surface area contributed by atoms with E-state index in [2.05, 4.69) is 20.6 Å². The van der Waals surface area contributed by atoms with Crippen molar-refractivity contribution in [2.24, 2.45) is 5.41 Å². The third-order valence-electron chi connectivity index (χ3n) is 7.31. The van der Waals surface area contributed by atoms with E-state index in [1.54, 1.807) is 4.90 Å². The molecule has 0 radical (unpaired) electrons. The summed E-state index contributed by atoms with van der Waals surface area (Å²) in [7, 11) is 0. The minimum Gasteiger partial charge on any atom is -0.481 e. The zero-order chi connectivity index (χ0) is 27.1. The molecule has 0 aliphatic rings. The lowest BCUT2D eigenvalue weighted by Gasteiger charge is -2.34. The van der Waals surface area contributed by atoms with E-state index in [4.69, 9.17) is 4.98 Å². The number of hydrogen-bond donors (Lipinski definition) is 2. The predicted octanol–water partition coefficient (Wildman–Crippen LogP) is 5.49. The molecule has 0 unspecified atom stereocenters. The van der Waals surface area contributed by atoms with Crippen LogP contribution in [-0.2, 0) is 16.1 Å². The summed E-state index contributed by atoms with van der Waals surface area (Å²) in [5.74, 6) is -0.315. The number of nitrogens with one attached hydrogen (secondary N) is 1. The molecule has 9 heteroatoms. The van der Waals surface area contributed by atoms with Gasteiger partial charge in [-0.2, -0.15) is 5.21 Å². The Labute approximate surface area is 222 Å². The van der Waals surface area contributed by atoms with Gasteiger partial charge in [0.05, 0.1) is 16.6 Å². The number of H-pyrrole nitrogens is 1. The van der Waals surface area contributed by atoms with Crippen molar-refractivity contribution >= 4 is 22.8 Å². The number of aromatic amines is 1. The van der Waals surface area contributed by atoms with Gasteiger partial charge < -0.3 is 10.0 Å². The van der Waals surface area contributed by atoms with Crippen LogP contribution < -0.4 is 0 Å². The number of tetrazole rings is 1. The molecule has 4 rings (SSSR count). The second-order valence-electron chi connectivity index (χ2n) is 9.68. The molecule has 38 heavy (non-hydrogen) atoms. The Kier molecular flexibility index (Phi) is 8.45. The van der Waals surface area contributed by atoms with Gasteiger partial charge in [-0.15, -0.1) is 10.2 Å². The summed E-state index contributed by atoms with van der Waals surface area (Å²) in [6.07, 6.45) is 3.06. The second kappa shape index (κ2) is 11.9. The third kappa shape index (κ3) is 5.88. The zero-order valence-corrected chi connectivity index (χ0v) is 22.1. The monoisotopic (exact) mass is 514 g/mol. The molecule has 198 valence electrons. The van der Waals surface area contributed by atoms with Crippen LogP contribution in [0.1, 0.15) is 58.4 Å². The topological polar surface area (TPSA) is 125 Å². The number of nitrogens with zero attached hydrogens (tertiary/aromatic N) is 5. The van der Waals surface area contributed by atoms with Crippen LogP contribution in [0, 0.1) is 5.41 Å². The fourth-order valence-corrected chi connectivity index (χ4v) is 4.66. The number of hydrogen-bond acceptors (Lipinski definition) is 6. The van der Waals surface area contributed by atoms with Gasteiger partial charge in [0.15, 0.2) is 0 Å². The first-order valence-corrected chi connectivity index (χ1v) is 13.1. The molecule has 4 aromatic rings. The molecule has 0 aliphatic heterocycles. The van der Waals surface area contributed by atoms with Crippen LogP contribution in [0.15, 0.2) is 54.6 Å². The Hall–Kier alpha value is -4.14. The van der Waals surface area contributed by atoms with Crippen molar-refractivity contribution in [2.75, 3.05) is 6.54 Å². The zero-order valence-electron chi connectivity index (χ0n) is 22.1. The molecule has 0 saturated carbocycles. The number of fused-ring (bicyclic) bond motifs is 1. The van der Waals surface area contributed by atoms with Gasteiger partial charge in [0, 0.05) is 36.0 Å². The molecule has 0 fully saturated rings. The molecule has 0 aliphatic carbocycles. The van der Waals surface area contributed by atoms with Gasteiger partial charge >= 0.3 is 5.97 Å². The fraction of sp³-hybridized carbons (Fsp3) is 0.379. The number of carboxylic acids is 1. The quantitative estimate of drug-likeness (QED) is 0.256. The molecule has 2 heterocycles. The van der Waals surface area contributed by atoms with E-state index in [1.807, 2.05) is 75.4 Å². The normalized spacial score (nSPS) is 11.6. The minimum atomic E-state index is -0.950. The molecular formula is C29H34N6O3. The van der Waals surface area contributed by atoms with E-state index in [-0.39, 0.29) is 12.5 Å². The summed E-state index contributed by atoms with van der Waals surface area (Å²) >= 11 is 0. The van der Waals surface area contributed by atoms with Crippen LogP contribution in [0.25, 0.3) is 33.5 Å². The molecule has 0 saturated heterocycles. The number of carboxylic acid groups (broad SMARTS) is 1.